The van der Waals surface area contributed by atoms with Crippen LogP contribution >= 0.6 is 11.8 Å². The Balaban J connectivity index is 1.71. The van der Waals surface area contributed by atoms with E-state index >= 15 is 0 Å². The molecule has 0 saturated carbocycles. The van der Waals surface area contributed by atoms with Gasteiger partial charge < -0.3 is 19.1 Å². The first-order valence-electron chi connectivity index (χ1n) is 10.2. The number of carbonyl (C=O) groups excluding carboxylic acids is 1. The summed E-state index contributed by atoms with van der Waals surface area (Å²) in [4.78, 5) is 17.1. The Bertz CT molecular complexity index is 1100. The number of hydrogen-bond acceptors (Lipinski definition) is 7. The predicted octanol–water partition coefficient (Wildman–Crippen LogP) is 4.24. The molecule has 32 heavy (non-hydrogen) atoms. The number of anilines is 1. The first kappa shape index (κ1) is 21.9. The quantitative estimate of drug-likeness (QED) is 0.673. The lowest BCUT2D eigenvalue weighted by Gasteiger charge is -2.42. The highest BCUT2D eigenvalue weighted by Gasteiger charge is 2.39. The van der Waals surface area contributed by atoms with Crippen molar-refractivity contribution in [3.8, 4) is 23.3 Å². The van der Waals surface area contributed by atoms with E-state index < -0.39 is 0 Å². The van der Waals surface area contributed by atoms with Gasteiger partial charge in [0.25, 0.3) is 0 Å². The molecule has 1 amide bonds. The minimum Gasteiger partial charge on any atom is -0.493 e. The summed E-state index contributed by atoms with van der Waals surface area (Å²) < 4.78 is 16.4. The molecule has 8 heteroatoms. The van der Waals surface area contributed by atoms with E-state index in [4.69, 9.17) is 14.2 Å². The van der Waals surface area contributed by atoms with E-state index in [-0.39, 0.29) is 18.2 Å². The Labute approximate surface area is 192 Å². The summed E-state index contributed by atoms with van der Waals surface area (Å²) in [6, 6.07) is 14.2. The third kappa shape index (κ3) is 3.84. The Morgan fingerprint density at radius 2 is 1.81 bits per heavy atom. The van der Waals surface area contributed by atoms with Crippen LogP contribution in [0.25, 0.3) is 0 Å². The van der Waals surface area contributed by atoms with E-state index in [2.05, 4.69) is 17.0 Å². The van der Waals surface area contributed by atoms with Gasteiger partial charge in [-0.2, -0.15) is 5.26 Å². The van der Waals surface area contributed by atoms with E-state index in [1.165, 1.54) is 17.3 Å². The van der Waals surface area contributed by atoms with E-state index in [0.717, 1.165) is 16.3 Å². The van der Waals surface area contributed by atoms with Crippen molar-refractivity contribution in [2.75, 3.05) is 38.8 Å². The molecular formula is C24H25N3O4S. The molecule has 4 rings (SSSR count). The fourth-order valence-electron chi connectivity index (χ4n) is 4.14. The van der Waals surface area contributed by atoms with Crippen LogP contribution in [0.4, 0.5) is 5.69 Å². The smallest absolute Gasteiger partial charge is 0.229 e. The van der Waals surface area contributed by atoms with Crippen LogP contribution in [0.3, 0.4) is 0 Å². The number of fused-ring (bicyclic) bond motifs is 1. The Kier molecular flexibility index (Phi) is 6.19. The average Bonchev–Trinajstić information content (AvgIpc) is 2.82. The van der Waals surface area contributed by atoms with E-state index in [9.17, 15) is 10.1 Å². The first-order valence-corrected chi connectivity index (χ1v) is 11.2. The highest BCUT2D eigenvalue weighted by molar-refractivity contribution is 8.03. The number of carbonyl (C=O) groups is 1. The zero-order valence-electron chi connectivity index (χ0n) is 18.5. The largest absolute Gasteiger partial charge is 0.493 e. The van der Waals surface area contributed by atoms with Gasteiger partial charge in [-0.3, -0.25) is 9.69 Å². The molecule has 166 valence electrons. The number of hydrogen-bond donors (Lipinski definition) is 0. The van der Waals surface area contributed by atoms with E-state index in [1.807, 2.05) is 37.3 Å². The van der Waals surface area contributed by atoms with Gasteiger partial charge in [0, 0.05) is 18.0 Å². The van der Waals surface area contributed by atoms with Crippen LogP contribution in [0.5, 0.6) is 17.2 Å². The number of allylic oxidation sites excluding steroid dienone is 1. The van der Waals surface area contributed by atoms with Crippen LogP contribution in [0.1, 0.15) is 23.5 Å². The second-order valence-corrected chi connectivity index (χ2v) is 8.60. The Morgan fingerprint density at radius 1 is 1.09 bits per heavy atom. The van der Waals surface area contributed by atoms with Crippen molar-refractivity contribution in [2.24, 2.45) is 0 Å². The number of thioether (sulfide) groups is 1. The van der Waals surface area contributed by atoms with Crippen molar-refractivity contribution in [3.05, 3.63) is 58.1 Å². The van der Waals surface area contributed by atoms with Gasteiger partial charge in [0.1, 0.15) is 0 Å². The number of nitriles is 1. The molecule has 1 atom stereocenters. The molecule has 0 aliphatic carbocycles. The molecule has 0 aromatic heterocycles. The molecule has 0 spiro atoms. The number of benzene rings is 2. The SMILES string of the molecule is COc1cc([C@@H]2CC(=O)N3CN(c4cccc(C)c4)CSC3=C2C#N)cc(OC)c1OC. The van der Waals surface area contributed by atoms with Crippen LogP contribution in [0, 0.1) is 18.3 Å². The van der Waals surface area contributed by atoms with Gasteiger partial charge in [-0.25, -0.2) is 0 Å². The standard InChI is InChI=1S/C24H25N3O4S/c1-15-6-5-7-17(8-15)26-13-27-22(28)11-18(19(12-25)24(27)32-14-26)16-9-20(29-2)23(31-4)21(10-16)30-3/h5-10,18H,11,13-14H2,1-4H3/t18-/m0/s1. The minimum absolute atomic E-state index is 0.0115. The van der Waals surface area contributed by atoms with Crippen LogP contribution in [-0.2, 0) is 4.79 Å². The monoisotopic (exact) mass is 451 g/mol. The number of nitrogens with zero attached hydrogens (tertiary/aromatic N) is 3. The molecule has 1 saturated heterocycles. The number of amides is 1. The minimum atomic E-state index is -0.370. The zero-order valence-corrected chi connectivity index (χ0v) is 19.4. The van der Waals surface area contributed by atoms with Crippen molar-refractivity contribution in [2.45, 2.75) is 19.3 Å². The van der Waals surface area contributed by atoms with Gasteiger partial charge in [0.05, 0.1) is 50.5 Å². The van der Waals surface area contributed by atoms with Crippen LogP contribution in [0.15, 0.2) is 47.0 Å². The highest BCUT2D eigenvalue weighted by atomic mass is 32.2. The topological polar surface area (TPSA) is 75.0 Å². The van der Waals surface area contributed by atoms with Gasteiger partial charge in [-0.05, 0) is 42.3 Å². The number of methoxy groups -OCH3 is 3. The molecular weight excluding hydrogens is 426 g/mol. The number of ether oxygens (including phenoxy) is 3. The van der Waals surface area contributed by atoms with Crippen molar-refractivity contribution in [1.82, 2.24) is 4.90 Å². The van der Waals surface area contributed by atoms with E-state index in [1.54, 1.807) is 26.2 Å². The maximum Gasteiger partial charge on any atom is 0.229 e. The second kappa shape index (κ2) is 9.05. The zero-order chi connectivity index (χ0) is 22.8. The van der Waals surface area contributed by atoms with Crippen LogP contribution < -0.4 is 19.1 Å². The maximum absolute atomic E-state index is 13.2. The summed E-state index contributed by atoms with van der Waals surface area (Å²) in [6.07, 6.45) is 0.202. The fraction of sp³-hybridized carbons (Fsp3) is 0.333. The molecule has 2 aromatic rings. The van der Waals surface area contributed by atoms with Gasteiger partial charge in [0.2, 0.25) is 11.7 Å². The van der Waals surface area contributed by atoms with Crippen molar-refractivity contribution >= 4 is 23.4 Å². The van der Waals surface area contributed by atoms with E-state index in [0.29, 0.717) is 35.4 Å². The molecule has 2 heterocycles. The van der Waals surface area contributed by atoms with Crippen molar-refractivity contribution < 1.29 is 19.0 Å². The molecule has 1 fully saturated rings. The lowest BCUT2D eigenvalue weighted by Crippen LogP contribution is -2.47. The molecule has 7 nitrogen and oxygen atoms in total. The molecule has 2 aromatic carbocycles. The van der Waals surface area contributed by atoms with Crippen LogP contribution in [-0.4, -0.2) is 44.7 Å². The predicted molar refractivity (Wildman–Crippen MR) is 124 cm³/mol. The molecule has 0 radical (unpaired) electrons. The molecule has 0 bridgehead atoms. The molecule has 2 aliphatic heterocycles. The van der Waals surface area contributed by atoms with Gasteiger partial charge in [-0.15, -0.1) is 0 Å². The average molecular weight is 452 g/mol. The third-order valence-electron chi connectivity index (χ3n) is 5.75. The summed E-state index contributed by atoms with van der Waals surface area (Å²) in [7, 11) is 4.65. The molecule has 2 aliphatic rings. The Morgan fingerprint density at radius 3 is 2.41 bits per heavy atom. The van der Waals surface area contributed by atoms with Crippen molar-refractivity contribution in [1.29, 1.82) is 5.26 Å². The highest BCUT2D eigenvalue weighted by Crippen LogP contribution is 2.47. The maximum atomic E-state index is 13.2. The molecule has 0 unspecified atom stereocenters. The molecule has 0 N–H and O–H groups in total. The Hall–Kier alpha value is -3.31. The summed E-state index contributed by atoms with van der Waals surface area (Å²) in [6.45, 7) is 2.48. The summed E-state index contributed by atoms with van der Waals surface area (Å²) in [5, 5.41) is 10.8. The first-order chi connectivity index (χ1) is 15.5. The lowest BCUT2D eigenvalue weighted by atomic mass is 9.86. The fourth-order valence-corrected chi connectivity index (χ4v) is 5.31. The van der Waals surface area contributed by atoms with Crippen molar-refractivity contribution in [3.63, 3.8) is 0 Å². The van der Waals surface area contributed by atoms with Gasteiger partial charge in [-0.1, -0.05) is 23.9 Å². The lowest BCUT2D eigenvalue weighted by molar-refractivity contribution is -0.129. The van der Waals surface area contributed by atoms with Crippen LogP contribution in [0.2, 0.25) is 0 Å². The summed E-state index contributed by atoms with van der Waals surface area (Å²) >= 11 is 1.52. The summed E-state index contributed by atoms with van der Waals surface area (Å²) in [5.41, 5.74) is 3.61. The summed E-state index contributed by atoms with van der Waals surface area (Å²) in [5.74, 6) is 1.76. The number of rotatable bonds is 5. The number of aryl methyl sites for hydroxylation is 1. The second-order valence-electron chi connectivity index (χ2n) is 7.66. The van der Waals surface area contributed by atoms with Gasteiger partial charge >= 0.3 is 0 Å². The van der Waals surface area contributed by atoms with Gasteiger partial charge in [0.15, 0.2) is 11.5 Å². The normalized spacial score (nSPS) is 18.2. The third-order valence-corrected chi connectivity index (χ3v) is 6.90.